The fourth-order valence-corrected chi connectivity index (χ4v) is 4.18. The zero-order valence-corrected chi connectivity index (χ0v) is 18.5. The van der Waals surface area contributed by atoms with E-state index in [4.69, 9.17) is 15.0 Å². The first-order valence-electron chi connectivity index (χ1n) is 11.0. The minimum Gasteiger partial charge on any atom is -0.474 e. The number of fused-ring (bicyclic) bond motifs is 1. The molecule has 2 aliphatic rings. The summed E-state index contributed by atoms with van der Waals surface area (Å²) in [6.45, 7) is 5.93. The van der Waals surface area contributed by atoms with E-state index in [0.717, 1.165) is 43.6 Å². The van der Waals surface area contributed by atoms with E-state index < -0.39 is 11.6 Å². The molecule has 0 bridgehead atoms. The maximum atomic E-state index is 14.5. The lowest BCUT2D eigenvalue weighted by molar-refractivity contribution is 0.160. The van der Waals surface area contributed by atoms with Gasteiger partial charge in [0.2, 0.25) is 5.88 Å². The van der Waals surface area contributed by atoms with Gasteiger partial charge in [0.25, 0.3) is 0 Å². The van der Waals surface area contributed by atoms with Crippen molar-refractivity contribution in [1.82, 2.24) is 20.1 Å². The van der Waals surface area contributed by atoms with Gasteiger partial charge >= 0.3 is 6.01 Å². The largest absolute Gasteiger partial charge is 0.474 e. The Labute approximate surface area is 189 Å². The maximum absolute atomic E-state index is 14.5. The van der Waals surface area contributed by atoms with Gasteiger partial charge in [0, 0.05) is 50.5 Å². The highest BCUT2D eigenvalue weighted by Gasteiger charge is 2.31. The molecule has 0 atom stereocenters. The first kappa shape index (κ1) is 21.4. The number of nitrogens with zero attached hydrogens (tertiary/aromatic N) is 6. The van der Waals surface area contributed by atoms with Gasteiger partial charge in [-0.1, -0.05) is 19.0 Å². The summed E-state index contributed by atoms with van der Waals surface area (Å²) < 4.78 is 40.1. The van der Waals surface area contributed by atoms with Gasteiger partial charge in [-0.05, 0) is 6.42 Å². The van der Waals surface area contributed by atoms with E-state index in [1.165, 1.54) is 6.33 Å². The van der Waals surface area contributed by atoms with Crippen LogP contribution in [0.4, 0.5) is 32.0 Å². The van der Waals surface area contributed by atoms with Crippen molar-refractivity contribution in [1.29, 1.82) is 0 Å². The summed E-state index contributed by atoms with van der Waals surface area (Å²) in [5.41, 5.74) is 6.13. The van der Waals surface area contributed by atoms with E-state index in [1.54, 1.807) is 4.90 Å². The molecule has 5 rings (SSSR count). The molecule has 0 radical (unpaired) electrons. The number of ether oxygens (including phenoxy) is 1. The number of nitrogens with two attached hydrogens (primary N) is 1. The lowest BCUT2D eigenvalue weighted by Gasteiger charge is -2.30. The topological polar surface area (TPSA) is 106 Å². The quantitative estimate of drug-likeness (QED) is 0.575. The normalized spacial score (nSPS) is 16.5. The molecule has 0 spiro atoms. The summed E-state index contributed by atoms with van der Waals surface area (Å²) in [5.74, 6) is 0.642. The summed E-state index contributed by atoms with van der Waals surface area (Å²) in [4.78, 5) is 16.8. The van der Waals surface area contributed by atoms with Crippen LogP contribution in [0.5, 0.6) is 5.88 Å². The standard InChI is InChI=1S/C22H25F2N7O2/c1-12(2)19-28-22(33-29-19)30-6-3-13(4-7-30)32-21-14-5-8-31(20(14)26-11-27-21)18-10-15(23)17(25)9-16(18)24/h9-13H,3-8,25H2,1-2H3. The van der Waals surface area contributed by atoms with Crippen molar-refractivity contribution in [2.24, 2.45) is 0 Å². The van der Waals surface area contributed by atoms with Crippen LogP contribution >= 0.6 is 0 Å². The predicted octanol–water partition coefficient (Wildman–Crippen LogP) is 3.59. The fourth-order valence-electron chi connectivity index (χ4n) is 4.18. The van der Waals surface area contributed by atoms with Crippen molar-refractivity contribution in [3.63, 3.8) is 0 Å². The SMILES string of the molecule is CC(C)c1noc(N2CCC(Oc3ncnc4c3CCN4c3cc(F)c(N)cc3F)CC2)n1. The third kappa shape index (κ3) is 4.03. The highest BCUT2D eigenvalue weighted by Crippen LogP contribution is 2.39. The molecule has 2 aromatic heterocycles. The molecule has 0 saturated carbocycles. The van der Waals surface area contributed by atoms with Crippen molar-refractivity contribution in [3.05, 3.63) is 41.5 Å². The third-order valence-electron chi connectivity index (χ3n) is 6.02. The number of piperidine rings is 1. The molecule has 3 aromatic rings. The Morgan fingerprint density at radius 2 is 1.91 bits per heavy atom. The smallest absolute Gasteiger partial charge is 0.324 e. The maximum Gasteiger partial charge on any atom is 0.324 e. The van der Waals surface area contributed by atoms with Crippen molar-refractivity contribution in [2.45, 2.75) is 45.1 Å². The summed E-state index contributed by atoms with van der Waals surface area (Å²) in [5, 5.41) is 4.03. The molecule has 0 unspecified atom stereocenters. The first-order chi connectivity index (χ1) is 15.9. The number of halogens is 2. The van der Waals surface area contributed by atoms with Gasteiger partial charge in [-0.25, -0.2) is 18.7 Å². The molecular formula is C22H25F2N7O2. The molecule has 1 fully saturated rings. The van der Waals surface area contributed by atoms with Crippen LogP contribution in [0.15, 0.2) is 23.0 Å². The van der Waals surface area contributed by atoms with Crippen LogP contribution in [0.2, 0.25) is 0 Å². The molecule has 2 N–H and O–H groups in total. The lowest BCUT2D eigenvalue weighted by atomic mass is 10.1. The Hall–Kier alpha value is -3.50. The van der Waals surface area contributed by atoms with Crippen LogP contribution in [-0.2, 0) is 6.42 Å². The number of aromatic nitrogens is 4. The highest BCUT2D eigenvalue weighted by molar-refractivity contribution is 5.69. The fraction of sp³-hybridized carbons (Fsp3) is 0.455. The molecular weight excluding hydrogens is 432 g/mol. The summed E-state index contributed by atoms with van der Waals surface area (Å²) in [6, 6.07) is 2.62. The molecule has 4 heterocycles. The Morgan fingerprint density at radius 3 is 2.64 bits per heavy atom. The number of anilines is 4. The van der Waals surface area contributed by atoms with E-state index in [0.29, 0.717) is 36.5 Å². The summed E-state index contributed by atoms with van der Waals surface area (Å²) >= 11 is 0. The molecule has 1 saturated heterocycles. The van der Waals surface area contributed by atoms with Crippen LogP contribution in [0, 0.1) is 11.6 Å². The van der Waals surface area contributed by atoms with Crippen molar-refractivity contribution in [2.75, 3.05) is 35.2 Å². The molecule has 11 heteroatoms. The van der Waals surface area contributed by atoms with Crippen molar-refractivity contribution in [3.8, 4) is 5.88 Å². The molecule has 174 valence electrons. The van der Waals surface area contributed by atoms with Crippen molar-refractivity contribution < 1.29 is 18.0 Å². The Balaban J connectivity index is 1.28. The van der Waals surface area contributed by atoms with Crippen LogP contribution in [0.3, 0.4) is 0 Å². The summed E-state index contributed by atoms with van der Waals surface area (Å²) in [6.07, 6.45) is 3.45. The van der Waals surface area contributed by atoms with Gasteiger partial charge in [0.15, 0.2) is 5.82 Å². The van der Waals surface area contributed by atoms with Crippen LogP contribution in [0.1, 0.15) is 44.0 Å². The molecule has 9 nitrogen and oxygen atoms in total. The molecule has 33 heavy (non-hydrogen) atoms. The number of rotatable bonds is 5. The van der Waals surface area contributed by atoms with Gasteiger partial charge in [-0.15, -0.1) is 0 Å². The minimum absolute atomic E-state index is 0.0347. The predicted molar refractivity (Wildman–Crippen MR) is 118 cm³/mol. The molecule has 0 aliphatic carbocycles. The van der Waals surface area contributed by atoms with Crippen LogP contribution < -0.4 is 20.3 Å². The Bertz CT molecular complexity index is 1160. The average molecular weight is 457 g/mol. The van der Waals surface area contributed by atoms with Gasteiger partial charge in [-0.2, -0.15) is 4.98 Å². The zero-order chi connectivity index (χ0) is 23.1. The second kappa shape index (κ2) is 8.45. The minimum atomic E-state index is -0.668. The number of benzene rings is 1. The third-order valence-corrected chi connectivity index (χ3v) is 6.02. The van der Waals surface area contributed by atoms with E-state index in [-0.39, 0.29) is 23.4 Å². The molecule has 0 amide bonds. The van der Waals surface area contributed by atoms with E-state index in [1.807, 2.05) is 13.8 Å². The zero-order valence-electron chi connectivity index (χ0n) is 18.5. The Morgan fingerprint density at radius 1 is 1.12 bits per heavy atom. The monoisotopic (exact) mass is 457 g/mol. The number of hydrogen-bond acceptors (Lipinski definition) is 9. The second-order valence-corrected chi connectivity index (χ2v) is 8.60. The van der Waals surface area contributed by atoms with Crippen molar-refractivity contribution >= 4 is 23.2 Å². The van der Waals surface area contributed by atoms with E-state index in [2.05, 4.69) is 25.0 Å². The van der Waals surface area contributed by atoms with Gasteiger partial charge in [0.05, 0.1) is 16.9 Å². The molecule has 2 aliphatic heterocycles. The number of hydrogen-bond donors (Lipinski definition) is 1. The second-order valence-electron chi connectivity index (χ2n) is 8.60. The van der Waals surface area contributed by atoms with Gasteiger partial charge < -0.3 is 24.8 Å². The number of nitrogen functional groups attached to an aromatic ring is 1. The Kier molecular flexibility index (Phi) is 5.47. The molecule has 1 aromatic carbocycles. The average Bonchev–Trinajstić information content (AvgIpc) is 3.45. The van der Waals surface area contributed by atoms with E-state index in [9.17, 15) is 8.78 Å². The first-order valence-corrected chi connectivity index (χ1v) is 11.0. The van der Waals surface area contributed by atoms with Crippen LogP contribution in [-0.4, -0.2) is 45.8 Å². The van der Waals surface area contributed by atoms with Gasteiger partial charge in [-0.3, -0.25) is 0 Å². The van der Waals surface area contributed by atoms with Gasteiger partial charge in [0.1, 0.15) is 29.9 Å². The van der Waals surface area contributed by atoms with E-state index >= 15 is 0 Å². The summed E-state index contributed by atoms with van der Waals surface area (Å²) in [7, 11) is 0. The lowest BCUT2D eigenvalue weighted by Crippen LogP contribution is -2.38. The highest BCUT2D eigenvalue weighted by atomic mass is 19.1. The van der Waals surface area contributed by atoms with Crippen LogP contribution in [0.25, 0.3) is 0 Å².